The monoisotopic (exact) mass is 366 g/mol. The van der Waals surface area contributed by atoms with Crippen molar-refractivity contribution in [3.8, 4) is 0 Å². The standard InChI is InChI=1S/C24H46O2/c1-3-4-5-6-7-8-9-10-11-12-13-14-15-16-17-18-19-20-21-22-23-24(25)26-2/h3H,1,4-23H2,2H3. The zero-order valence-electron chi connectivity index (χ0n) is 17.7. The van der Waals surface area contributed by atoms with Crippen LogP contribution < -0.4 is 0 Å². The van der Waals surface area contributed by atoms with E-state index in [-0.39, 0.29) is 5.97 Å². The highest BCUT2D eigenvalue weighted by Crippen LogP contribution is 2.14. The van der Waals surface area contributed by atoms with Gasteiger partial charge in [-0.1, -0.05) is 109 Å². The van der Waals surface area contributed by atoms with Crippen LogP contribution in [0.25, 0.3) is 0 Å². The van der Waals surface area contributed by atoms with Crippen molar-refractivity contribution in [1.82, 2.24) is 0 Å². The first-order valence-corrected chi connectivity index (χ1v) is 11.5. The number of hydrogen-bond acceptors (Lipinski definition) is 2. The van der Waals surface area contributed by atoms with Crippen molar-refractivity contribution >= 4 is 5.97 Å². The zero-order valence-corrected chi connectivity index (χ0v) is 17.7. The topological polar surface area (TPSA) is 26.3 Å². The fraction of sp³-hybridized carbons (Fsp3) is 0.875. The van der Waals surface area contributed by atoms with Gasteiger partial charge in [-0.05, 0) is 19.3 Å². The van der Waals surface area contributed by atoms with Crippen molar-refractivity contribution in [2.24, 2.45) is 0 Å². The lowest BCUT2D eigenvalue weighted by Crippen LogP contribution is -1.99. The molecule has 0 aromatic carbocycles. The zero-order chi connectivity index (χ0) is 19.1. The Morgan fingerprint density at radius 3 is 1.23 bits per heavy atom. The average molecular weight is 367 g/mol. The molecule has 0 radical (unpaired) electrons. The molecule has 0 spiro atoms. The molecule has 0 N–H and O–H groups in total. The Labute approximate surface area is 164 Å². The van der Waals surface area contributed by atoms with Gasteiger partial charge in [0.25, 0.3) is 0 Å². The van der Waals surface area contributed by atoms with E-state index in [2.05, 4.69) is 11.3 Å². The minimum Gasteiger partial charge on any atom is -0.469 e. The second-order valence-electron chi connectivity index (χ2n) is 7.77. The van der Waals surface area contributed by atoms with Crippen LogP contribution in [0.4, 0.5) is 0 Å². The van der Waals surface area contributed by atoms with Crippen LogP contribution in [0, 0.1) is 0 Å². The van der Waals surface area contributed by atoms with Crippen LogP contribution in [0.2, 0.25) is 0 Å². The Kier molecular flexibility index (Phi) is 21.6. The molecule has 0 saturated heterocycles. The highest BCUT2D eigenvalue weighted by atomic mass is 16.5. The van der Waals surface area contributed by atoms with Crippen molar-refractivity contribution in [3.05, 3.63) is 12.7 Å². The molecule has 2 heteroatoms. The van der Waals surface area contributed by atoms with Gasteiger partial charge in [-0.25, -0.2) is 0 Å². The summed E-state index contributed by atoms with van der Waals surface area (Å²) >= 11 is 0. The first-order chi connectivity index (χ1) is 12.8. The molecule has 0 aromatic heterocycles. The average Bonchev–Trinajstić information content (AvgIpc) is 2.66. The van der Waals surface area contributed by atoms with Crippen LogP contribution in [-0.2, 0) is 9.53 Å². The number of ether oxygens (including phenoxy) is 1. The number of methoxy groups -OCH3 is 1. The van der Waals surface area contributed by atoms with Crippen LogP contribution in [0.3, 0.4) is 0 Å². The van der Waals surface area contributed by atoms with E-state index in [1.54, 1.807) is 0 Å². The maximum atomic E-state index is 11.0. The molecule has 0 amide bonds. The van der Waals surface area contributed by atoms with Gasteiger partial charge in [-0.3, -0.25) is 4.79 Å². The van der Waals surface area contributed by atoms with E-state index < -0.39 is 0 Å². The summed E-state index contributed by atoms with van der Waals surface area (Å²) in [5.41, 5.74) is 0. The number of carbonyl (C=O) groups excluding carboxylic acids is 1. The van der Waals surface area contributed by atoms with E-state index in [1.807, 2.05) is 6.08 Å². The van der Waals surface area contributed by atoms with Crippen LogP contribution >= 0.6 is 0 Å². The summed E-state index contributed by atoms with van der Waals surface area (Å²) in [6, 6.07) is 0. The SMILES string of the molecule is C=CCCCCCCCCCCCCCCCCCCCCC(=O)OC. The molecule has 0 aliphatic carbocycles. The van der Waals surface area contributed by atoms with Gasteiger partial charge in [0.15, 0.2) is 0 Å². The summed E-state index contributed by atoms with van der Waals surface area (Å²) < 4.78 is 4.65. The lowest BCUT2D eigenvalue weighted by atomic mass is 10.0. The van der Waals surface area contributed by atoms with Crippen molar-refractivity contribution in [2.75, 3.05) is 7.11 Å². The van der Waals surface area contributed by atoms with Crippen molar-refractivity contribution in [2.45, 2.75) is 128 Å². The first-order valence-electron chi connectivity index (χ1n) is 11.5. The molecule has 0 saturated carbocycles. The lowest BCUT2D eigenvalue weighted by molar-refractivity contribution is -0.140. The van der Waals surface area contributed by atoms with Gasteiger partial charge < -0.3 is 4.74 Å². The van der Waals surface area contributed by atoms with Gasteiger partial charge in [0, 0.05) is 6.42 Å². The molecule has 0 aliphatic rings. The second kappa shape index (κ2) is 22.3. The Morgan fingerprint density at radius 2 is 0.923 bits per heavy atom. The molecular weight excluding hydrogens is 320 g/mol. The Bertz CT molecular complexity index is 299. The third-order valence-electron chi connectivity index (χ3n) is 5.27. The predicted octanol–water partition coefficient (Wildman–Crippen LogP) is 8.15. The number of allylic oxidation sites excluding steroid dienone is 1. The maximum Gasteiger partial charge on any atom is 0.305 e. The van der Waals surface area contributed by atoms with Crippen LogP contribution in [-0.4, -0.2) is 13.1 Å². The molecule has 0 unspecified atom stereocenters. The molecule has 2 nitrogen and oxygen atoms in total. The third kappa shape index (κ3) is 21.3. The number of hydrogen-bond donors (Lipinski definition) is 0. The van der Waals surface area contributed by atoms with Crippen molar-refractivity contribution < 1.29 is 9.53 Å². The van der Waals surface area contributed by atoms with Gasteiger partial charge in [-0.15, -0.1) is 6.58 Å². The predicted molar refractivity (Wildman–Crippen MR) is 115 cm³/mol. The number of unbranched alkanes of at least 4 members (excludes halogenated alkanes) is 18. The normalized spacial score (nSPS) is 10.8. The molecule has 154 valence electrons. The van der Waals surface area contributed by atoms with Crippen LogP contribution in [0.1, 0.15) is 128 Å². The molecule has 26 heavy (non-hydrogen) atoms. The fourth-order valence-electron chi connectivity index (χ4n) is 3.49. The van der Waals surface area contributed by atoms with Crippen molar-refractivity contribution in [3.63, 3.8) is 0 Å². The molecule has 0 aromatic rings. The minimum absolute atomic E-state index is 0.0655. The number of carbonyl (C=O) groups is 1. The number of esters is 1. The summed E-state index contributed by atoms with van der Waals surface area (Å²) in [6.45, 7) is 3.77. The number of rotatable bonds is 21. The second-order valence-corrected chi connectivity index (χ2v) is 7.77. The quantitative estimate of drug-likeness (QED) is 0.116. The lowest BCUT2D eigenvalue weighted by Gasteiger charge is -2.04. The van der Waals surface area contributed by atoms with Crippen LogP contribution in [0.5, 0.6) is 0 Å². The molecule has 0 atom stereocenters. The van der Waals surface area contributed by atoms with E-state index in [1.165, 1.54) is 123 Å². The summed E-state index contributed by atoms with van der Waals surface area (Å²) in [6.07, 6.45) is 28.4. The summed E-state index contributed by atoms with van der Waals surface area (Å²) in [4.78, 5) is 11.0. The smallest absolute Gasteiger partial charge is 0.305 e. The van der Waals surface area contributed by atoms with E-state index in [9.17, 15) is 4.79 Å². The van der Waals surface area contributed by atoms with Gasteiger partial charge in [0.1, 0.15) is 0 Å². The van der Waals surface area contributed by atoms with Gasteiger partial charge in [0.05, 0.1) is 7.11 Å². The highest BCUT2D eigenvalue weighted by molar-refractivity contribution is 5.68. The Hall–Kier alpha value is -0.790. The Balaban J connectivity index is 3.01. The first kappa shape index (κ1) is 25.2. The molecule has 0 aliphatic heterocycles. The minimum atomic E-state index is -0.0655. The van der Waals surface area contributed by atoms with Crippen LogP contribution in [0.15, 0.2) is 12.7 Å². The maximum absolute atomic E-state index is 11.0. The third-order valence-corrected chi connectivity index (χ3v) is 5.27. The molecule has 0 heterocycles. The molecular formula is C24H46O2. The van der Waals surface area contributed by atoms with Gasteiger partial charge in [-0.2, -0.15) is 0 Å². The fourth-order valence-corrected chi connectivity index (χ4v) is 3.49. The van der Waals surface area contributed by atoms with Crippen molar-refractivity contribution in [1.29, 1.82) is 0 Å². The summed E-state index contributed by atoms with van der Waals surface area (Å²) in [5.74, 6) is -0.0655. The molecule has 0 fully saturated rings. The summed E-state index contributed by atoms with van der Waals surface area (Å²) in [5, 5.41) is 0. The largest absolute Gasteiger partial charge is 0.469 e. The van der Waals surface area contributed by atoms with E-state index in [0.717, 1.165) is 6.42 Å². The Morgan fingerprint density at radius 1 is 0.615 bits per heavy atom. The summed E-state index contributed by atoms with van der Waals surface area (Å²) in [7, 11) is 1.47. The molecule has 0 rings (SSSR count). The van der Waals surface area contributed by atoms with E-state index >= 15 is 0 Å². The molecule has 0 bridgehead atoms. The van der Waals surface area contributed by atoms with E-state index in [4.69, 9.17) is 0 Å². The van der Waals surface area contributed by atoms with Gasteiger partial charge in [0.2, 0.25) is 0 Å². The van der Waals surface area contributed by atoms with Gasteiger partial charge >= 0.3 is 5.97 Å². The highest BCUT2D eigenvalue weighted by Gasteiger charge is 1.99. The van der Waals surface area contributed by atoms with E-state index in [0.29, 0.717) is 6.42 Å².